The zero-order chi connectivity index (χ0) is 12.7. The van der Waals surface area contributed by atoms with Gasteiger partial charge in [0.15, 0.2) is 0 Å². The monoisotopic (exact) mass is 352 g/mol. The molecule has 4 heteroatoms. The Labute approximate surface area is 119 Å². The van der Waals surface area contributed by atoms with Crippen LogP contribution in [0.3, 0.4) is 0 Å². The van der Waals surface area contributed by atoms with Crippen molar-refractivity contribution in [3.8, 4) is 11.4 Å². The molecule has 1 fully saturated rings. The fraction of sp³-hybridized carbons (Fsp3) is 0.286. The van der Waals surface area contributed by atoms with Gasteiger partial charge >= 0.3 is 0 Å². The van der Waals surface area contributed by atoms with Crippen molar-refractivity contribution < 1.29 is 0 Å². The third-order valence-electron chi connectivity index (χ3n) is 3.26. The highest BCUT2D eigenvalue weighted by Crippen LogP contribution is 2.43. The Balaban J connectivity index is 2.18. The van der Waals surface area contributed by atoms with Gasteiger partial charge in [-0.25, -0.2) is 4.98 Å². The van der Waals surface area contributed by atoms with Crippen LogP contribution in [0.15, 0.2) is 29.1 Å². The second kappa shape index (κ2) is 4.50. The van der Waals surface area contributed by atoms with E-state index in [2.05, 4.69) is 22.1 Å². The molecule has 18 heavy (non-hydrogen) atoms. The topological polar surface area (TPSA) is 45.8 Å². The maximum absolute atomic E-state index is 11.8. The number of benzene rings is 1. The van der Waals surface area contributed by atoms with Gasteiger partial charge in [-0.05, 0) is 53.8 Å². The smallest absolute Gasteiger partial charge is 0.264 e. The molecular weight excluding hydrogens is 339 g/mol. The number of halogens is 1. The van der Waals surface area contributed by atoms with E-state index < -0.39 is 0 Å². The summed E-state index contributed by atoms with van der Waals surface area (Å²) in [5.41, 5.74) is 3.11. The Morgan fingerprint density at radius 2 is 2.06 bits per heavy atom. The predicted octanol–water partition coefficient (Wildman–Crippen LogP) is 3.23. The summed E-state index contributed by atoms with van der Waals surface area (Å²) in [6, 6.07) is 8.22. The van der Waals surface area contributed by atoms with Crippen LogP contribution in [0.25, 0.3) is 11.4 Å². The second-order valence-corrected chi connectivity index (χ2v) is 5.75. The van der Waals surface area contributed by atoms with E-state index in [1.165, 1.54) is 18.4 Å². The van der Waals surface area contributed by atoms with E-state index in [1.807, 2.05) is 41.6 Å². The molecule has 1 N–H and O–H groups in total. The number of rotatable bonds is 2. The molecule has 0 atom stereocenters. The summed E-state index contributed by atoms with van der Waals surface area (Å²) in [5, 5.41) is 0. The molecule has 1 aliphatic rings. The Morgan fingerprint density at radius 3 is 2.72 bits per heavy atom. The number of H-pyrrole nitrogens is 1. The standard InChI is InChI=1S/C14H13IN2O/c1-8-12(15)14(18)17-13(16-8)11-5-3-2-4-10(11)9-6-7-9/h2-5,9H,6-7H2,1H3,(H,16,17,18). The first-order valence-corrected chi connectivity index (χ1v) is 7.10. The van der Waals surface area contributed by atoms with E-state index in [0.29, 0.717) is 15.3 Å². The number of aryl methyl sites for hydroxylation is 1. The average molecular weight is 352 g/mol. The van der Waals surface area contributed by atoms with Gasteiger partial charge in [-0.15, -0.1) is 0 Å². The molecule has 1 aliphatic carbocycles. The zero-order valence-corrected chi connectivity index (χ0v) is 12.2. The van der Waals surface area contributed by atoms with E-state index in [-0.39, 0.29) is 5.56 Å². The number of nitrogens with one attached hydrogen (secondary N) is 1. The van der Waals surface area contributed by atoms with Crippen LogP contribution < -0.4 is 5.56 Å². The summed E-state index contributed by atoms with van der Waals surface area (Å²) < 4.78 is 0.667. The van der Waals surface area contributed by atoms with Gasteiger partial charge in [0.25, 0.3) is 5.56 Å². The molecule has 0 unspecified atom stereocenters. The first-order valence-electron chi connectivity index (χ1n) is 6.02. The molecule has 3 rings (SSSR count). The molecule has 1 saturated carbocycles. The van der Waals surface area contributed by atoms with Gasteiger partial charge in [-0.2, -0.15) is 0 Å². The molecule has 1 aromatic carbocycles. The quantitative estimate of drug-likeness (QED) is 0.844. The van der Waals surface area contributed by atoms with Crippen LogP contribution in [0.1, 0.15) is 30.0 Å². The lowest BCUT2D eigenvalue weighted by molar-refractivity contribution is 1.03. The van der Waals surface area contributed by atoms with E-state index in [0.717, 1.165) is 11.3 Å². The van der Waals surface area contributed by atoms with Crippen molar-refractivity contribution >= 4 is 22.6 Å². The largest absolute Gasteiger partial charge is 0.306 e. The van der Waals surface area contributed by atoms with Gasteiger partial charge < -0.3 is 4.98 Å². The van der Waals surface area contributed by atoms with Crippen LogP contribution in [0.2, 0.25) is 0 Å². The number of aromatic nitrogens is 2. The molecule has 2 aromatic rings. The van der Waals surface area contributed by atoms with Gasteiger partial charge in [0, 0.05) is 5.56 Å². The van der Waals surface area contributed by atoms with Crippen LogP contribution in [0.4, 0.5) is 0 Å². The first-order chi connectivity index (χ1) is 8.66. The first kappa shape index (κ1) is 11.9. The lowest BCUT2D eigenvalue weighted by Gasteiger charge is -2.08. The van der Waals surface area contributed by atoms with Gasteiger partial charge in [-0.3, -0.25) is 4.79 Å². The summed E-state index contributed by atoms with van der Waals surface area (Å²) in [6.07, 6.45) is 2.48. The highest BCUT2D eigenvalue weighted by atomic mass is 127. The van der Waals surface area contributed by atoms with Gasteiger partial charge in [0.2, 0.25) is 0 Å². The van der Waals surface area contributed by atoms with E-state index in [4.69, 9.17) is 0 Å². The van der Waals surface area contributed by atoms with Crippen LogP contribution in [0.5, 0.6) is 0 Å². The maximum Gasteiger partial charge on any atom is 0.264 e. The van der Waals surface area contributed by atoms with Crippen molar-refractivity contribution in [1.29, 1.82) is 0 Å². The minimum atomic E-state index is -0.0521. The number of nitrogens with zero attached hydrogens (tertiary/aromatic N) is 1. The molecule has 0 radical (unpaired) electrons. The highest BCUT2D eigenvalue weighted by molar-refractivity contribution is 14.1. The molecule has 0 aliphatic heterocycles. The lowest BCUT2D eigenvalue weighted by atomic mass is 10.0. The van der Waals surface area contributed by atoms with Crippen molar-refractivity contribution in [3.63, 3.8) is 0 Å². The van der Waals surface area contributed by atoms with Crippen molar-refractivity contribution in [2.75, 3.05) is 0 Å². The lowest BCUT2D eigenvalue weighted by Crippen LogP contribution is -2.15. The number of aromatic amines is 1. The minimum absolute atomic E-state index is 0.0521. The molecule has 3 nitrogen and oxygen atoms in total. The average Bonchev–Trinajstić information content (AvgIpc) is 3.19. The Hall–Kier alpha value is -1.17. The predicted molar refractivity (Wildman–Crippen MR) is 79.7 cm³/mol. The fourth-order valence-corrected chi connectivity index (χ4v) is 2.42. The molecular formula is C14H13IN2O. The summed E-state index contributed by atoms with van der Waals surface area (Å²) in [6.45, 7) is 1.88. The van der Waals surface area contributed by atoms with Gasteiger partial charge in [0.1, 0.15) is 5.82 Å². The van der Waals surface area contributed by atoms with Crippen LogP contribution in [-0.4, -0.2) is 9.97 Å². The summed E-state index contributed by atoms with van der Waals surface area (Å²) in [4.78, 5) is 19.2. The third-order valence-corrected chi connectivity index (χ3v) is 4.53. The molecule has 0 bridgehead atoms. The van der Waals surface area contributed by atoms with Gasteiger partial charge in [0.05, 0.1) is 9.26 Å². The number of hydrogen-bond acceptors (Lipinski definition) is 2. The third kappa shape index (κ3) is 2.09. The van der Waals surface area contributed by atoms with Crippen LogP contribution in [-0.2, 0) is 0 Å². The van der Waals surface area contributed by atoms with Crippen molar-refractivity contribution in [1.82, 2.24) is 9.97 Å². The number of hydrogen-bond donors (Lipinski definition) is 1. The zero-order valence-electron chi connectivity index (χ0n) is 10.0. The Kier molecular flexibility index (Phi) is 2.97. The van der Waals surface area contributed by atoms with Crippen LogP contribution in [0, 0.1) is 10.5 Å². The molecule has 0 spiro atoms. The SMILES string of the molecule is Cc1nc(-c2ccccc2C2CC2)[nH]c(=O)c1I. The highest BCUT2D eigenvalue weighted by Gasteiger charge is 2.26. The molecule has 1 aromatic heterocycles. The summed E-state index contributed by atoms with van der Waals surface area (Å²) >= 11 is 2.03. The van der Waals surface area contributed by atoms with E-state index >= 15 is 0 Å². The maximum atomic E-state index is 11.8. The summed E-state index contributed by atoms with van der Waals surface area (Å²) in [5.74, 6) is 1.34. The van der Waals surface area contributed by atoms with Gasteiger partial charge in [-0.1, -0.05) is 24.3 Å². The normalized spacial score (nSPS) is 14.8. The van der Waals surface area contributed by atoms with Crippen LogP contribution >= 0.6 is 22.6 Å². The minimum Gasteiger partial charge on any atom is -0.306 e. The van der Waals surface area contributed by atoms with Crippen molar-refractivity contribution in [3.05, 3.63) is 49.4 Å². The van der Waals surface area contributed by atoms with E-state index in [9.17, 15) is 4.79 Å². The molecule has 92 valence electrons. The summed E-state index contributed by atoms with van der Waals surface area (Å²) in [7, 11) is 0. The molecule has 0 saturated heterocycles. The second-order valence-electron chi connectivity index (χ2n) is 4.68. The van der Waals surface area contributed by atoms with Crippen molar-refractivity contribution in [2.24, 2.45) is 0 Å². The fourth-order valence-electron chi connectivity index (χ4n) is 2.16. The van der Waals surface area contributed by atoms with Crippen molar-refractivity contribution in [2.45, 2.75) is 25.7 Å². The Bertz CT molecular complexity index is 659. The Morgan fingerprint density at radius 1 is 1.33 bits per heavy atom. The van der Waals surface area contributed by atoms with E-state index in [1.54, 1.807) is 0 Å². The molecule has 0 amide bonds. The molecule has 1 heterocycles.